The standard InChI is InChI=1S/C10H14BBrO2S/c1-9(2)10(3,4)14-11(13-9)8-7(12)5-6-15-8/h5-6H,1-4H3. The molecule has 2 rings (SSSR count). The van der Waals surface area contributed by atoms with Gasteiger partial charge in [-0.05, 0) is 39.1 Å². The molecule has 1 aromatic heterocycles. The van der Waals surface area contributed by atoms with Crippen molar-refractivity contribution < 1.29 is 9.31 Å². The molecule has 0 saturated carbocycles. The van der Waals surface area contributed by atoms with Crippen LogP contribution in [0.5, 0.6) is 0 Å². The molecule has 0 aromatic carbocycles. The normalized spacial score (nSPS) is 23.4. The molecule has 1 aliphatic heterocycles. The van der Waals surface area contributed by atoms with Gasteiger partial charge in [-0.2, -0.15) is 11.3 Å². The molecule has 0 N–H and O–H groups in total. The highest BCUT2D eigenvalue weighted by Crippen LogP contribution is 2.37. The summed E-state index contributed by atoms with van der Waals surface area (Å²) < 4.78 is 14.1. The first kappa shape index (κ1) is 11.6. The van der Waals surface area contributed by atoms with Gasteiger partial charge in [-0.3, -0.25) is 0 Å². The molecule has 1 fully saturated rings. The van der Waals surface area contributed by atoms with Crippen LogP contribution in [-0.4, -0.2) is 18.3 Å². The Hall–Kier alpha value is 0.165. The fraction of sp³-hybridized carbons (Fsp3) is 0.600. The Balaban J connectivity index is 2.27. The average Bonchev–Trinajstić information content (AvgIpc) is 2.55. The number of rotatable bonds is 1. The Kier molecular flexibility index (Phi) is 2.78. The molecule has 1 aliphatic rings. The third kappa shape index (κ3) is 1.91. The quantitative estimate of drug-likeness (QED) is 0.740. The van der Waals surface area contributed by atoms with Crippen LogP contribution in [0.3, 0.4) is 0 Å². The highest BCUT2D eigenvalue weighted by molar-refractivity contribution is 9.10. The zero-order valence-electron chi connectivity index (χ0n) is 9.33. The summed E-state index contributed by atoms with van der Waals surface area (Å²) in [6.07, 6.45) is 0. The molecular formula is C10H14BBrO2S. The van der Waals surface area contributed by atoms with Gasteiger partial charge in [0.15, 0.2) is 0 Å². The summed E-state index contributed by atoms with van der Waals surface area (Å²) in [7, 11) is -0.246. The number of halogens is 1. The summed E-state index contributed by atoms with van der Waals surface area (Å²) in [5.41, 5.74) is -0.526. The van der Waals surface area contributed by atoms with E-state index in [-0.39, 0.29) is 18.3 Å². The van der Waals surface area contributed by atoms with Crippen LogP contribution in [0.2, 0.25) is 0 Å². The Morgan fingerprint density at radius 3 is 2.13 bits per heavy atom. The molecule has 0 bridgehead atoms. The maximum absolute atomic E-state index is 5.95. The highest BCUT2D eigenvalue weighted by atomic mass is 79.9. The fourth-order valence-electron chi connectivity index (χ4n) is 1.42. The van der Waals surface area contributed by atoms with Crippen molar-refractivity contribution in [1.82, 2.24) is 0 Å². The number of hydrogen-bond donors (Lipinski definition) is 0. The molecule has 1 saturated heterocycles. The predicted octanol–water partition coefficient (Wildman–Crippen LogP) is 2.81. The molecule has 0 unspecified atom stereocenters. The van der Waals surface area contributed by atoms with E-state index in [0.717, 1.165) is 9.25 Å². The summed E-state index contributed by atoms with van der Waals surface area (Å²) in [6, 6.07) is 2.02. The lowest BCUT2D eigenvalue weighted by molar-refractivity contribution is 0.00578. The molecule has 0 spiro atoms. The van der Waals surface area contributed by atoms with E-state index >= 15 is 0 Å². The monoisotopic (exact) mass is 288 g/mol. The minimum Gasteiger partial charge on any atom is -0.399 e. The maximum atomic E-state index is 5.95. The molecule has 82 valence electrons. The number of thiophene rings is 1. The maximum Gasteiger partial charge on any atom is 0.506 e. The van der Waals surface area contributed by atoms with E-state index in [9.17, 15) is 0 Å². The van der Waals surface area contributed by atoms with Gasteiger partial charge >= 0.3 is 7.12 Å². The summed E-state index contributed by atoms with van der Waals surface area (Å²) in [4.78, 5) is 0. The van der Waals surface area contributed by atoms with Crippen molar-refractivity contribution in [3.63, 3.8) is 0 Å². The van der Waals surface area contributed by atoms with Crippen LogP contribution < -0.4 is 4.78 Å². The van der Waals surface area contributed by atoms with Gasteiger partial charge in [-0.15, -0.1) is 0 Å². The van der Waals surface area contributed by atoms with E-state index in [0.29, 0.717) is 0 Å². The van der Waals surface area contributed by atoms with Gasteiger partial charge in [0.1, 0.15) is 0 Å². The fourth-order valence-corrected chi connectivity index (χ4v) is 2.94. The Bertz CT molecular complexity index is 359. The van der Waals surface area contributed by atoms with E-state index in [1.165, 1.54) is 0 Å². The van der Waals surface area contributed by atoms with Crippen LogP contribution in [0.1, 0.15) is 27.7 Å². The molecular weight excluding hydrogens is 275 g/mol. The summed E-state index contributed by atoms with van der Waals surface area (Å²) in [5.74, 6) is 0. The van der Waals surface area contributed by atoms with E-state index in [2.05, 4.69) is 43.6 Å². The Morgan fingerprint density at radius 2 is 1.73 bits per heavy atom. The van der Waals surface area contributed by atoms with Crippen molar-refractivity contribution in [1.29, 1.82) is 0 Å². The van der Waals surface area contributed by atoms with Gasteiger partial charge in [-0.1, -0.05) is 15.9 Å². The minimum absolute atomic E-state index is 0.246. The summed E-state index contributed by atoms with van der Waals surface area (Å²) in [5, 5.41) is 2.03. The lowest BCUT2D eigenvalue weighted by atomic mass is 9.88. The molecule has 5 heteroatoms. The first-order valence-electron chi connectivity index (χ1n) is 4.92. The van der Waals surface area contributed by atoms with Crippen molar-refractivity contribution in [3.05, 3.63) is 15.9 Å². The zero-order valence-corrected chi connectivity index (χ0v) is 11.7. The minimum atomic E-state index is -0.263. The van der Waals surface area contributed by atoms with Gasteiger partial charge in [-0.25, -0.2) is 0 Å². The van der Waals surface area contributed by atoms with Gasteiger partial charge in [0, 0.05) is 9.25 Å². The lowest BCUT2D eigenvalue weighted by Crippen LogP contribution is -2.41. The van der Waals surface area contributed by atoms with Crippen molar-refractivity contribution >= 4 is 39.2 Å². The van der Waals surface area contributed by atoms with Crippen LogP contribution in [-0.2, 0) is 9.31 Å². The van der Waals surface area contributed by atoms with Gasteiger partial charge in [0.2, 0.25) is 0 Å². The summed E-state index contributed by atoms with van der Waals surface area (Å²) in [6.45, 7) is 8.26. The van der Waals surface area contributed by atoms with Crippen LogP contribution >= 0.6 is 27.3 Å². The van der Waals surface area contributed by atoms with Gasteiger partial charge in [0.25, 0.3) is 0 Å². The van der Waals surface area contributed by atoms with Crippen LogP contribution in [0.25, 0.3) is 0 Å². The molecule has 2 nitrogen and oxygen atoms in total. The van der Waals surface area contributed by atoms with E-state index in [4.69, 9.17) is 9.31 Å². The molecule has 0 amide bonds. The first-order valence-corrected chi connectivity index (χ1v) is 6.59. The van der Waals surface area contributed by atoms with Crippen molar-refractivity contribution in [2.45, 2.75) is 38.9 Å². The average molecular weight is 289 g/mol. The van der Waals surface area contributed by atoms with Crippen LogP contribution in [0, 0.1) is 0 Å². The predicted molar refractivity (Wildman–Crippen MR) is 67.7 cm³/mol. The molecule has 0 atom stereocenters. The van der Waals surface area contributed by atoms with E-state index in [1.54, 1.807) is 11.3 Å². The summed E-state index contributed by atoms with van der Waals surface area (Å²) >= 11 is 5.15. The van der Waals surface area contributed by atoms with Crippen LogP contribution in [0.15, 0.2) is 15.9 Å². The smallest absolute Gasteiger partial charge is 0.399 e. The van der Waals surface area contributed by atoms with Gasteiger partial charge in [0.05, 0.1) is 11.2 Å². The largest absolute Gasteiger partial charge is 0.506 e. The molecule has 15 heavy (non-hydrogen) atoms. The second kappa shape index (κ2) is 3.59. The third-order valence-corrected chi connectivity index (χ3v) is 5.00. The molecule has 0 radical (unpaired) electrons. The van der Waals surface area contributed by atoms with Crippen molar-refractivity contribution in [3.8, 4) is 0 Å². The number of hydrogen-bond acceptors (Lipinski definition) is 3. The van der Waals surface area contributed by atoms with Gasteiger partial charge < -0.3 is 9.31 Å². The first-order chi connectivity index (χ1) is 6.83. The third-order valence-electron chi connectivity index (χ3n) is 3.11. The molecule has 0 aliphatic carbocycles. The second-order valence-electron chi connectivity index (χ2n) is 4.72. The van der Waals surface area contributed by atoms with Crippen LogP contribution in [0.4, 0.5) is 0 Å². The lowest BCUT2D eigenvalue weighted by Gasteiger charge is -2.32. The topological polar surface area (TPSA) is 18.5 Å². The van der Waals surface area contributed by atoms with E-state index in [1.807, 2.05) is 11.4 Å². The Morgan fingerprint density at radius 1 is 1.20 bits per heavy atom. The van der Waals surface area contributed by atoms with Crippen molar-refractivity contribution in [2.24, 2.45) is 0 Å². The molecule has 1 aromatic rings. The second-order valence-corrected chi connectivity index (χ2v) is 6.52. The molecule has 2 heterocycles. The SMILES string of the molecule is CC1(C)OB(c2sccc2Br)OC1(C)C. The van der Waals surface area contributed by atoms with E-state index < -0.39 is 0 Å². The Labute approximate surface area is 103 Å². The van der Waals surface area contributed by atoms with Crippen molar-refractivity contribution in [2.75, 3.05) is 0 Å². The zero-order chi connectivity index (χ0) is 11.3. The highest BCUT2D eigenvalue weighted by Gasteiger charge is 2.52.